The van der Waals surface area contributed by atoms with Gasteiger partial charge in [0.2, 0.25) is 11.9 Å². The van der Waals surface area contributed by atoms with Crippen LogP contribution < -0.4 is 16.6 Å². The zero-order valence-corrected chi connectivity index (χ0v) is 15.5. The van der Waals surface area contributed by atoms with E-state index in [0.29, 0.717) is 5.95 Å². The summed E-state index contributed by atoms with van der Waals surface area (Å²) in [5, 5.41) is 22.8. The fraction of sp³-hybridized carbons (Fsp3) is 0.389. The van der Waals surface area contributed by atoms with Gasteiger partial charge in [-0.05, 0) is 31.0 Å². The quantitative estimate of drug-likeness (QED) is 0.439. The standard InChI is InChI=1S/C18H22N6O4/c1-8-4-3-5-10(9(8)2)20-18-21-14-15(22-17(19)23-16(14)27)24(18)13-6-11(26)12(7-25)28-13/h3-5,11-13,25-26H,6-7H2,1-2H3,(H,20,21)(H3,19,22,23,27)/t11-,12+,13+/m0/s1. The molecule has 148 valence electrons. The highest BCUT2D eigenvalue weighted by atomic mass is 16.5. The summed E-state index contributed by atoms with van der Waals surface area (Å²) in [5.74, 6) is 0.289. The minimum atomic E-state index is -0.847. The number of rotatable bonds is 4. The third kappa shape index (κ3) is 3.01. The summed E-state index contributed by atoms with van der Waals surface area (Å²) in [6, 6.07) is 5.82. The van der Waals surface area contributed by atoms with E-state index in [4.69, 9.17) is 10.5 Å². The van der Waals surface area contributed by atoms with Crippen molar-refractivity contribution in [2.45, 2.75) is 38.7 Å². The van der Waals surface area contributed by atoms with Gasteiger partial charge in [0.25, 0.3) is 5.56 Å². The molecule has 1 aliphatic rings. The minimum Gasteiger partial charge on any atom is -0.394 e. The molecule has 4 rings (SSSR count). The number of aromatic nitrogens is 4. The average molecular weight is 386 g/mol. The number of nitrogens with two attached hydrogens (primary N) is 1. The molecule has 1 aliphatic heterocycles. The van der Waals surface area contributed by atoms with Crippen molar-refractivity contribution in [3.05, 3.63) is 39.7 Å². The molecular weight excluding hydrogens is 364 g/mol. The summed E-state index contributed by atoms with van der Waals surface area (Å²) in [5.41, 5.74) is 8.54. The second-order valence-electron chi connectivity index (χ2n) is 6.92. The Bertz CT molecular complexity index is 1090. The molecule has 10 heteroatoms. The first kappa shape index (κ1) is 18.4. The van der Waals surface area contributed by atoms with E-state index in [1.807, 2.05) is 32.0 Å². The topological polar surface area (TPSA) is 151 Å². The van der Waals surface area contributed by atoms with Crippen LogP contribution >= 0.6 is 0 Å². The van der Waals surface area contributed by atoms with E-state index in [1.54, 1.807) is 4.57 Å². The number of hydrogen-bond acceptors (Lipinski definition) is 8. The van der Waals surface area contributed by atoms with E-state index in [1.165, 1.54) is 0 Å². The van der Waals surface area contributed by atoms with E-state index in [9.17, 15) is 15.0 Å². The first-order valence-corrected chi connectivity index (χ1v) is 8.94. The number of aryl methyl sites for hydroxylation is 1. The van der Waals surface area contributed by atoms with Gasteiger partial charge in [-0.15, -0.1) is 0 Å². The number of fused-ring (bicyclic) bond motifs is 1. The van der Waals surface area contributed by atoms with Gasteiger partial charge in [-0.1, -0.05) is 12.1 Å². The summed E-state index contributed by atoms with van der Waals surface area (Å²) >= 11 is 0. The molecule has 0 aliphatic carbocycles. The number of aromatic amines is 1. The summed E-state index contributed by atoms with van der Waals surface area (Å²) in [7, 11) is 0. The van der Waals surface area contributed by atoms with Crippen molar-refractivity contribution in [3.63, 3.8) is 0 Å². The molecule has 0 saturated carbocycles. The van der Waals surface area contributed by atoms with Crippen molar-refractivity contribution in [3.8, 4) is 0 Å². The lowest BCUT2D eigenvalue weighted by Crippen LogP contribution is -2.24. The summed E-state index contributed by atoms with van der Waals surface area (Å²) in [6.07, 6.45) is -2.03. The van der Waals surface area contributed by atoms with Crippen LogP contribution in [-0.2, 0) is 4.74 Å². The van der Waals surface area contributed by atoms with Crippen molar-refractivity contribution in [1.82, 2.24) is 19.5 Å². The van der Waals surface area contributed by atoms with E-state index in [-0.39, 0.29) is 30.1 Å². The van der Waals surface area contributed by atoms with Crippen molar-refractivity contribution in [2.24, 2.45) is 0 Å². The fourth-order valence-electron chi connectivity index (χ4n) is 3.41. The van der Waals surface area contributed by atoms with E-state index < -0.39 is 24.0 Å². The van der Waals surface area contributed by atoms with E-state index in [2.05, 4.69) is 20.3 Å². The van der Waals surface area contributed by atoms with Crippen LogP contribution in [0.25, 0.3) is 11.2 Å². The molecule has 3 aromatic rings. The molecule has 0 spiro atoms. The van der Waals surface area contributed by atoms with Crippen molar-refractivity contribution in [1.29, 1.82) is 0 Å². The Balaban J connectivity index is 1.87. The van der Waals surface area contributed by atoms with Crippen LogP contribution in [0.5, 0.6) is 0 Å². The van der Waals surface area contributed by atoms with Gasteiger partial charge in [-0.25, -0.2) is 4.98 Å². The number of hydrogen-bond donors (Lipinski definition) is 5. The Morgan fingerprint density at radius 2 is 2.18 bits per heavy atom. The van der Waals surface area contributed by atoms with Crippen LogP contribution in [0.15, 0.2) is 23.0 Å². The molecule has 3 heterocycles. The number of nitrogen functional groups attached to an aromatic ring is 1. The number of ether oxygens (including phenoxy) is 1. The highest BCUT2D eigenvalue weighted by molar-refractivity contribution is 5.76. The lowest BCUT2D eigenvalue weighted by molar-refractivity contribution is -0.0425. The van der Waals surface area contributed by atoms with Gasteiger partial charge >= 0.3 is 0 Å². The van der Waals surface area contributed by atoms with Crippen LogP contribution in [0.1, 0.15) is 23.8 Å². The largest absolute Gasteiger partial charge is 0.394 e. The van der Waals surface area contributed by atoms with E-state index >= 15 is 0 Å². The molecule has 0 amide bonds. The van der Waals surface area contributed by atoms with Gasteiger partial charge in [0.1, 0.15) is 12.3 Å². The Morgan fingerprint density at radius 3 is 2.89 bits per heavy atom. The van der Waals surface area contributed by atoms with Crippen molar-refractivity contribution < 1.29 is 14.9 Å². The Morgan fingerprint density at radius 1 is 1.39 bits per heavy atom. The van der Waals surface area contributed by atoms with Gasteiger partial charge in [0.05, 0.1) is 12.7 Å². The fourth-order valence-corrected chi connectivity index (χ4v) is 3.41. The number of H-pyrrole nitrogens is 1. The van der Waals surface area contributed by atoms with Crippen LogP contribution in [0.2, 0.25) is 0 Å². The molecule has 1 aromatic carbocycles. The van der Waals surface area contributed by atoms with E-state index in [0.717, 1.165) is 16.8 Å². The maximum Gasteiger partial charge on any atom is 0.280 e. The third-order valence-electron chi connectivity index (χ3n) is 5.09. The smallest absolute Gasteiger partial charge is 0.280 e. The monoisotopic (exact) mass is 386 g/mol. The van der Waals surface area contributed by atoms with Gasteiger partial charge in [-0.2, -0.15) is 4.98 Å². The number of aliphatic hydroxyl groups is 2. The minimum absolute atomic E-state index is 0.0470. The van der Waals surface area contributed by atoms with Crippen LogP contribution in [0.4, 0.5) is 17.6 Å². The Labute approximate surface area is 160 Å². The third-order valence-corrected chi connectivity index (χ3v) is 5.09. The number of anilines is 3. The summed E-state index contributed by atoms with van der Waals surface area (Å²) in [4.78, 5) is 23.4. The maximum absolute atomic E-state index is 12.3. The predicted molar refractivity (Wildman–Crippen MR) is 103 cm³/mol. The molecule has 0 radical (unpaired) electrons. The van der Waals surface area contributed by atoms with Gasteiger partial charge in [-0.3, -0.25) is 14.3 Å². The second kappa shape index (κ2) is 6.89. The highest BCUT2D eigenvalue weighted by Gasteiger charge is 2.37. The zero-order chi connectivity index (χ0) is 20.0. The Hall–Kier alpha value is -2.95. The predicted octanol–water partition coefficient (Wildman–Crippen LogP) is 0.703. The first-order chi connectivity index (χ1) is 13.4. The lowest BCUT2D eigenvalue weighted by Gasteiger charge is -2.18. The van der Waals surface area contributed by atoms with Crippen LogP contribution in [-0.4, -0.2) is 48.5 Å². The van der Waals surface area contributed by atoms with Crippen molar-refractivity contribution in [2.75, 3.05) is 17.7 Å². The highest BCUT2D eigenvalue weighted by Crippen LogP contribution is 2.34. The molecule has 6 N–H and O–H groups in total. The average Bonchev–Trinajstić information content (AvgIpc) is 3.19. The number of aliphatic hydroxyl groups excluding tert-OH is 2. The van der Waals surface area contributed by atoms with Gasteiger partial charge < -0.3 is 26.0 Å². The molecule has 0 unspecified atom stereocenters. The Kier molecular flexibility index (Phi) is 4.53. The molecule has 1 saturated heterocycles. The first-order valence-electron chi connectivity index (χ1n) is 8.94. The second-order valence-corrected chi connectivity index (χ2v) is 6.92. The zero-order valence-electron chi connectivity index (χ0n) is 15.5. The lowest BCUT2D eigenvalue weighted by atomic mass is 10.1. The molecule has 0 bridgehead atoms. The summed E-state index contributed by atoms with van der Waals surface area (Å²) < 4.78 is 7.38. The normalized spacial score (nSPS) is 22.1. The molecule has 1 fully saturated rings. The summed E-state index contributed by atoms with van der Waals surface area (Å²) in [6.45, 7) is 3.66. The van der Waals surface area contributed by atoms with Gasteiger partial charge in [0.15, 0.2) is 11.2 Å². The van der Waals surface area contributed by atoms with Crippen LogP contribution in [0.3, 0.4) is 0 Å². The number of imidazole rings is 1. The number of nitrogens with zero attached hydrogens (tertiary/aromatic N) is 3. The molecule has 10 nitrogen and oxygen atoms in total. The molecular formula is C18H22N6O4. The van der Waals surface area contributed by atoms with Crippen LogP contribution in [0, 0.1) is 13.8 Å². The van der Waals surface area contributed by atoms with Gasteiger partial charge in [0, 0.05) is 12.1 Å². The molecule has 2 aromatic heterocycles. The maximum atomic E-state index is 12.3. The SMILES string of the molecule is Cc1cccc(Nc2nc3c(=O)[nH]c(N)nc3n2[C@H]2C[C@H](O)[C@@H](CO)O2)c1C. The van der Waals surface area contributed by atoms with Crippen molar-refractivity contribution >= 4 is 28.7 Å². The number of nitrogens with one attached hydrogen (secondary N) is 2. The molecule has 28 heavy (non-hydrogen) atoms. The molecule has 3 atom stereocenters. The number of benzene rings is 1.